The van der Waals surface area contributed by atoms with Gasteiger partial charge in [-0.2, -0.15) is 4.98 Å². The molecule has 1 saturated heterocycles. The summed E-state index contributed by atoms with van der Waals surface area (Å²) in [6.07, 6.45) is 0. The zero-order valence-corrected chi connectivity index (χ0v) is 16.3. The van der Waals surface area contributed by atoms with Crippen LogP contribution in [0.3, 0.4) is 0 Å². The average Bonchev–Trinajstić information content (AvgIpc) is 3.11. The van der Waals surface area contributed by atoms with Crippen LogP contribution in [0.15, 0.2) is 52.9 Å². The average molecular weight is 389 g/mol. The lowest BCUT2D eigenvalue weighted by atomic mass is 10.2. The molecule has 2 N–H and O–H groups in total. The molecule has 1 fully saturated rings. The number of furan rings is 1. The Morgan fingerprint density at radius 1 is 1.03 bits per heavy atom. The third kappa shape index (κ3) is 3.45. The fourth-order valence-corrected chi connectivity index (χ4v) is 3.69. The van der Waals surface area contributed by atoms with E-state index in [0.717, 1.165) is 59.8 Å². The number of likely N-dealkylation sites (N-methyl/N-ethyl adjacent to an activating group) is 1. The second kappa shape index (κ2) is 7.25. The number of benzene rings is 2. The Hall–Kier alpha value is -3.32. The van der Waals surface area contributed by atoms with Gasteiger partial charge >= 0.3 is 0 Å². The van der Waals surface area contributed by atoms with Crippen LogP contribution in [0.1, 0.15) is 5.56 Å². The second-order valence-corrected chi connectivity index (χ2v) is 7.41. The van der Waals surface area contributed by atoms with Gasteiger partial charge in [0.05, 0.1) is 5.39 Å². The minimum Gasteiger partial charge on any atom is -0.489 e. The maximum Gasteiger partial charge on any atom is 0.222 e. The number of rotatable bonds is 4. The Morgan fingerprint density at radius 3 is 2.62 bits per heavy atom. The van der Waals surface area contributed by atoms with E-state index in [0.29, 0.717) is 12.2 Å². The zero-order chi connectivity index (χ0) is 19.8. The first-order chi connectivity index (χ1) is 14.2. The molecule has 0 saturated carbocycles. The number of nitrogen functional groups attached to an aromatic ring is 1. The van der Waals surface area contributed by atoms with Crippen LogP contribution < -0.4 is 15.4 Å². The lowest BCUT2D eigenvalue weighted by Crippen LogP contribution is -2.44. The van der Waals surface area contributed by atoms with Gasteiger partial charge < -0.3 is 24.7 Å². The minimum atomic E-state index is 0.254. The van der Waals surface area contributed by atoms with E-state index in [9.17, 15) is 0 Å². The molecule has 3 heterocycles. The number of ether oxygens (including phenoxy) is 1. The molecule has 0 spiro atoms. The monoisotopic (exact) mass is 389 g/mol. The van der Waals surface area contributed by atoms with E-state index in [-0.39, 0.29) is 5.95 Å². The summed E-state index contributed by atoms with van der Waals surface area (Å²) in [5, 5.41) is 0.884. The van der Waals surface area contributed by atoms with Gasteiger partial charge in [-0.25, -0.2) is 4.98 Å². The number of nitrogens with zero attached hydrogens (tertiary/aromatic N) is 4. The van der Waals surface area contributed by atoms with Crippen LogP contribution in [0, 0.1) is 0 Å². The van der Waals surface area contributed by atoms with Crippen LogP contribution in [0.5, 0.6) is 5.75 Å². The lowest BCUT2D eigenvalue weighted by Gasteiger charge is -2.33. The second-order valence-electron chi connectivity index (χ2n) is 7.41. The van der Waals surface area contributed by atoms with Crippen molar-refractivity contribution in [1.29, 1.82) is 0 Å². The van der Waals surface area contributed by atoms with Crippen molar-refractivity contribution < 1.29 is 9.15 Å². The van der Waals surface area contributed by atoms with E-state index in [1.54, 1.807) is 0 Å². The molecule has 4 aromatic rings. The molecule has 0 bridgehead atoms. The summed E-state index contributed by atoms with van der Waals surface area (Å²) in [5.41, 5.74) is 9.33. The Balaban J connectivity index is 1.51. The van der Waals surface area contributed by atoms with Crippen LogP contribution in [0.2, 0.25) is 0 Å². The van der Waals surface area contributed by atoms with Crippen molar-refractivity contribution in [3.05, 3.63) is 54.1 Å². The summed E-state index contributed by atoms with van der Waals surface area (Å²) >= 11 is 0. The fraction of sp³-hybridized carbons (Fsp3) is 0.273. The van der Waals surface area contributed by atoms with Crippen molar-refractivity contribution in [2.24, 2.45) is 0 Å². The molecular weight excluding hydrogens is 366 g/mol. The fourth-order valence-electron chi connectivity index (χ4n) is 3.69. The molecule has 7 nitrogen and oxygen atoms in total. The van der Waals surface area contributed by atoms with E-state index in [4.69, 9.17) is 14.9 Å². The molecule has 1 aliphatic rings. The van der Waals surface area contributed by atoms with E-state index in [2.05, 4.69) is 26.8 Å². The highest BCUT2D eigenvalue weighted by molar-refractivity contribution is 6.06. The SMILES string of the molecule is CN1CCN(c2nc(N)nc3c2oc2ccc(OCc4ccccc4)cc23)CC1. The molecule has 0 aliphatic carbocycles. The van der Waals surface area contributed by atoms with Gasteiger partial charge in [-0.3, -0.25) is 0 Å². The van der Waals surface area contributed by atoms with Crippen molar-refractivity contribution in [3.63, 3.8) is 0 Å². The van der Waals surface area contributed by atoms with Gasteiger partial charge in [0, 0.05) is 26.2 Å². The molecule has 29 heavy (non-hydrogen) atoms. The molecule has 148 valence electrons. The summed E-state index contributed by atoms with van der Waals surface area (Å²) in [6.45, 7) is 4.22. The number of fused-ring (bicyclic) bond motifs is 3. The standard InChI is InChI=1S/C22H23N5O2/c1-26-9-11-27(12-10-26)21-20-19(24-22(23)25-21)17-13-16(7-8-18(17)29-20)28-14-15-5-3-2-4-6-15/h2-8,13H,9-12,14H2,1H3,(H2,23,24,25). The number of anilines is 2. The van der Waals surface area contributed by atoms with E-state index >= 15 is 0 Å². The summed E-state index contributed by atoms with van der Waals surface area (Å²) in [7, 11) is 2.12. The van der Waals surface area contributed by atoms with Gasteiger partial charge in [0.25, 0.3) is 0 Å². The predicted molar refractivity (Wildman–Crippen MR) is 114 cm³/mol. The molecule has 0 atom stereocenters. The Bertz CT molecular complexity index is 1150. The Labute approximate surface area is 168 Å². The maximum absolute atomic E-state index is 6.15. The number of piperazine rings is 1. The van der Waals surface area contributed by atoms with Crippen molar-refractivity contribution in [2.45, 2.75) is 6.61 Å². The third-order valence-corrected chi connectivity index (χ3v) is 5.33. The summed E-state index contributed by atoms with van der Waals surface area (Å²) in [4.78, 5) is 13.5. The summed E-state index contributed by atoms with van der Waals surface area (Å²) < 4.78 is 12.1. The summed E-state index contributed by atoms with van der Waals surface area (Å²) in [6, 6.07) is 15.9. The van der Waals surface area contributed by atoms with Gasteiger partial charge in [-0.1, -0.05) is 30.3 Å². The highest BCUT2D eigenvalue weighted by atomic mass is 16.5. The van der Waals surface area contributed by atoms with Gasteiger partial charge in [0.15, 0.2) is 11.4 Å². The smallest absolute Gasteiger partial charge is 0.222 e. The molecule has 2 aromatic heterocycles. The highest BCUT2D eigenvalue weighted by Crippen LogP contribution is 2.35. The van der Waals surface area contributed by atoms with Crippen molar-refractivity contribution >= 4 is 33.8 Å². The van der Waals surface area contributed by atoms with Gasteiger partial charge in [-0.05, 0) is 30.8 Å². The topological polar surface area (TPSA) is 80.7 Å². The lowest BCUT2D eigenvalue weighted by molar-refractivity contribution is 0.306. The number of hydrogen-bond acceptors (Lipinski definition) is 7. The van der Waals surface area contributed by atoms with Crippen LogP contribution in [0.4, 0.5) is 11.8 Å². The molecule has 1 aliphatic heterocycles. The quantitative estimate of drug-likeness (QED) is 0.574. The molecule has 0 unspecified atom stereocenters. The molecule has 0 radical (unpaired) electrons. The van der Waals surface area contributed by atoms with Crippen molar-refractivity contribution in [1.82, 2.24) is 14.9 Å². The molecule has 0 amide bonds. The maximum atomic E-state index is 6.15. The third-order valence-electron chi connectivity index (χ3n) is 5.33. The van der Waals surface area contributed by atoms with E-state index in [1.165, 1.54) is 0 Å². The Kier molecular flexibility index (Phi) is 4.44. The molecule has 5 rings (SSSR count). The molecular formula is C22H23N5O2. The normalized spacial score (nSPS) is 15.3. The first kappa shape index (κ1) is 17.8. The predicted octanol–water partition coefficient (Wildman–Crippen LogP) is 3.29. The molecule has 2 aromatic carbocycles. The highest BCUT2D eigenvalue weighted by Gasteiger charge is 2.22. The molecule has 7 heteroatoms. The summed E-state index contributed by atoms with van der Waals surface area (Å²) in [5.74, 6) is 1.79. The van der Waals surface area contributed by atoms with Crippen molar-refractivity contribution in [2.75, 3.05) is 43.9 Å². The minimum absolute atomic E-state index is 0.254. The van der Waals surface area contributed by atoms with Crippen LogP contribution in [0.25, 0.3) is 22.1 Å². The van der Waals surface area contributed by atoms with E-state index < -0.39 is 0 Å². The van der Waals surface area contributed by atoms with Crippen LogP contribution in [-0.2, 0) is 6.61 Å². The number of aromatic nitrogens is 2. The zero-order valence-electron chi connectivity index (χ0n) is 16.3. The number of nitrogens with two attached hydrogens (primary N) is 1. The van der Waals surface area contributed by atoms with E-state index in [1.807, 2.05) is 48.5 Å². The number of hydrogen-bond donors (Lipinski definition) is 1. The first-order valence-corrected chi connectivity index (χ1v) is 9.77. The van der Waals surface area contributed by atoms with Crippen LogP contribution in [-0.4, -0.2) is 48.1 Å². The van der Waals surface area contributed by atoms with Crippen LogP contribution >= 0.6 is 0 Å². The van der Waals surface area contributed by atoms with Crippen molar-refractivity contribution in [3.8, 4) is 5.75 Å². The van der Waals surface area contributed by atoms with Gasteiger partial charge in [0.1, 0.15) is 23.5 Å². The first-order valence-electron chi connectivity index (χ1n) is 9.77. The van der Waals surface area contributed by atoms with Gasteiger partial charge in [0.2, 0.25) is 5.95 Å². The largest absolute Gasteiger partial charge is 0.489 e. The Morgan fingerprint density at radius 2 is 1.83 bits per heavy atom. The van der Waals surface area contributed by atoms with Gasteiger partial charge in [-0.15, -0.1) is 0 Å².